The highest BCUT2D eigenvalue weighted by Crippen LogP contribution is 2.50. The van der Waals surface area contributed by atoms with Crippen LogP contribution in [0.4, 0.5) is 5.69 Å². The van der Waals surface area contributed by atoms with Crippen molar-refractivity contribution in [2.75, 3.05) is 11.9 Å². The summed E-state index contributed by atoms with van der Waals surface area (Å²) in [7, 11) is 0. The molecule has 0 spiro atoms. The van der Waals surface area contributed by atoms with Gasteiger partial charge in [0.2, 0.25) is 0 Å². The first-order valence-corrected chi connectivity index (χ1v) is 19.7. The Morgan fingerprint density at radius 2 is 1.38 bits per heavy atom. The number of hydrogen-bond donors (Lipinski definition) is 2. The fraction of sp³-hybridized carbons (Fsp3) is 0.429. The molecule has 0 atom stereocenters. The van der Waals surface area contributed by atoms with Crippen LogP contribution < -0.4 is 16.3 Å². The van der Waals surface area contributed by atoms with Gasteiger partial charge in [-0.05, 0) is 129 Å². The molecule has 1 heterocycles. The van der Waals surface area contributed by atoms with Gasteiger partial charge in [0.1, 0.15) is 5.58 Å². The van der Waals surface area contributed by atoms with Gasteiger partial charge in [0.05, 0.1) is 5.66 Å². The molecule has 2 aliphatic rings. The number of hydrogen-bond acceptors (Lipinski definition) is 3. The van der Waals surface area contributed by atoms with E-state index in [1.165, 1.54) is 40.7 Å². The number of rotatable bonds is 12. The molecule has 0 fully saturated rings. The lowest BCUT2D eigenvalue weighted by Crippen LogP contribution is -2.34. The molecule has 3 aromatic rings. The molecule has 4 heteroatoms. The van der Waals surface area contributed by atoms with Crippen molar-refractivity contribution in [1.82, 2.24) is 5.32 Å². The fourth-order valence-electron chi connectivity index (χ4n) is 8.13. The molecular weight excluding hydrogens is 643 g/mol. The van der Waals surface area contributed by atoms with E-state index >= 15 is 0 Å². The summed E-state index contributed by atoms with van der Waals surface area (Å²) < 4.78 is 6.85. The van der Waals surface area contributed by atoms with Gasteiger partial charge in [-0.2, -0.15) is 0 Å². The number of nitrogens with one attached hydrogen (secondary N) is 2. The molecule has 0 saturated carbocycles. The van der Waals surface area contributed by atoms with E-state index in [1.54, 1.807) is 6.08 Å². The van der Waals surface area contributed by atoms with Gasteiger partial charge in [0.25, 0.3) is 6.71 Å². The number of allylic oxidation sites excluding steroid dienone is 8. The average molecular weight is 709 g/mol. The van der Waals surface area contributed by atoms with Crippen molar-refractivity contribution in [3.8, 4) is 0 Å². The third-order valence-electron chi connectivity index (χ3n) is 12.1. The molecule has 0 saturated heterocycles. The Morgan fingerprint density at radius 1 is 0.774 bits per heavy atom. The predicted molar refractivity (Wildman–Crippen MR) is 233 cm³/mol. The summed E-state index contributed by atoms with van der Waals surface area (Å²) in [5.74, 6) is 2.23. The lowest BCUT2D eigenvalue weighted by atomic mass is 9.42. The molecule has 0 aliphatic heterocycles. The fourth-order valence-corrected chi connectivity index (χ4v) is 8.13. The Bertz CT molecular complexity index is 1910. The summed E-state index contributed by atoms with van der Waals surface area (Å²) in [5.41, 5.74) is 11.5. The first-order chi connectivity index (χ1) is 24.8. The summed E-state index contributed by atoms with van der Waals surface area (Å²) in [5, 5.41) is 8.50. The molecule has 2 N–H and O–H groups in total. The lowest BCUT2D eigenvalue weighted by Gasteiger charge is -2.42. The van der Waals surface area contributed by atoms with Crippen LogP contribution in [0.2, 0.25) is 0 Å². The van der Waals surface area contributed by atoms with Crippen molar-refractivity contribution in [2.24, 2.45) is 10.8 Å². The van der Waals surface area contributed by atoms with E-state index < -0.39 is 0 Å². The number of furan rings is 1. The zero-order chi connectivity index (χ0) is 38.8. The second-order valence-corrected chi connectivity index (χ2v) is 19.0. The standard InChI is InChI=1S/C49H65BN2O/c1-14-16-17-18-28-50(44-31-35-30-41-42(32-43(35)53-44)49(12,13)27-26-48(41,10)11)37(34-52-38-21-19-36(20-22-38)45(3,4)5)33-51-29-23-40-39(15-2)46(6,7)24-25-47(40,8)9/h14-23,28-32,34,51-52H,1-2,24-27,33H2,3-13H3/b17-16-,28-18+,29-23+,37-34-. The highest BCUT2D eigenvalue weighted by Gasteiger charge is 2.38. The van der Waals surface area contributed by atoms with Crippen molar-refractivity contribution in [2.45, 2.75) is 118 Å². The third-order valence-corrected chi connectivity index (χ3v) is 12.1. The van der Waals surface area contributed by atoms with Gasteiger partial charge in [0.15, 0.2) is 0 Å². The third kappa shape index (κ3) is 8.97. The second-order valence-electron chi connectivity index (χ2n) is 19.0. The smallest absolute Gasteiger partial charge is 0.279 e. The summed E-state index contributed by atoms with van der Waals surface area (Å²) in [6.45, 7) is 34.2. The molecular formula is C49H65BN2O. The Balaban J connectivity index is 1.57. The van der Waals surface area contributed by atoms with E-state index in [2.05, 4.69) is 179 Å². The van der Waals surface area contributed by atoms with Gasteiger partial charge >= 0.3 is 0 Å². The van der Waals surface area contributed by atoms with Gasteiger partial charge in [-0.3, -0.25) is 0 Å². The molecule has 0 amide bonds. The van der Waals surface area contributed by atoms with Gasteiger partial charge in [-0.1, -0.05) is 137 Å². The zero-order valence-electron chi connectivity index (χ0n) is 34.7. The average Bonchev–Trinajstić information content (AvgIpc) is 3.51. The maximum absolute atomic E-state index is 6.85. The quantitative estimate of drug-likeness (QED) is 0.145. The van der Waals surface area contributed by atoms with Crippen molar-refractivity contribution in [3.63, 3.8) is 0 Å². The topological polar surface area (TPSA) is 37.2 Å². The molecule has 0 bridgehead atoms. The molecule has 1 aromatic heterocycles. The minimum Gasteiger partial charge on any atom is -0.470 e. The number of benzene rings is 2. The largest absolute Gasteiger partial charge is 0.470 e. The van der Waals surface area contributed by atoms with Crippen molar-refractivity contribution in [1.29, 1.82) is 0 Å². The maximum Gasteiger partial charge on any atom is 0.279 e. The molecule has 2 aromatic carbocycles. The summed E-state index contributed by atoms with van der Waals surface area (Å²) in [6, 6.07) is 15.8. The monoisotopic (exact) mass is 709 g/mol. The Kier molecular flexibility index (Phi) is 11.5. The van der Waals surface area contributed by atoms with Crippen LogP contribution >= 0.6 is 0 Å². The Morgan fingerprint density at radius 3 is 1.98 bits per heavy atom. The molecule has 0 unspecified atom stereocenters. The molecule has 5 rings (SSSR count). The highest BCUT2D eigenvalue weighted by atomic mass is 16.3. The van der Waals surface area contributed by atoms with E-state index in [1.807, 2.05) is 12.2 Å². The van der Waals surface area contributed by atoms with E-state index in [-0.39, 0.29) is 33.8 Å². The normalized spacial score (nSPS) is 19.6. The van der Waals surface area contributed by atoms with E-state index in [9.17, 15) is 0 Å². The summed E-state index contributed by atoms with van der Waals surface area (Å²) >= 11 is 0. The van der Waals surface area contributed by atoms with Crippen LogP contribution in [0.15, 0.2) is 131 Å². The van der Waals surface area contributed by atoms with Crippen LogP contribution in [-0.4, -0.2) is 13.3 Å². The first-order valence-electron chi connectivity index (χ1n) is 19.7. The van der Waals surface area contributed by atoms with Crippen molar-refractivity contribution in [3.05, 3.63) is 144 Å². The Hall–Kier alpha value is -4.18. The Labute approximate surface area is 322 Å². The van der Waals surface area contributed by atoms with Crippen LogP contribution in [0.25, 0.3) is 11.0 Å². The van der Waals surface area contributed by atoms with Crippen LogP contribution in [-0.2, 0) is 16.2 Å². The van der Waals surface area contributed by atoms with Crippen LogP contribution in [0.3, 0.4) is 0 Å². The number of fused-ring (bicyclic) bond motifs is 2. The van der Waals surface area contributed by atoms with Crippen molar-refractivity contribution >= 4 is 29.0 Å². The molecule has 2 aliphatic carbocycles. The molecule has 280 valence electrons. The van der Waals surface area contributed by atoms with E-state index in [0.29, 0.717) is 6.54 Å². The van der Waals surface area contributed by atoms with Gasteiger partial charge in [-0.25, -0.2) is 0 Å². The van der Waals surface area contributed by atoms with Crippen LogP contribution in [0, 0.1) is 10.8 Å². The SMILES string of the molecule is C=C/C=C\C=C\B(/C(=C\Nc1ccc(C(C)(C)C)cc1)CN/C=C/C1=C(C=C)C(C)(C)CCC1(C)C)c1cc2cc3c(cc2o1)C(C)(C)CCC3(C)C. The summed E-state index contributed by atoms with van der Waals surface area (Å²) in [4.78, 5) is 0. The second kappa shape index (κ2) is 15.3. The van der Waals surface area contributed by atoms with Gasteiger partial charge in [0, 0.05) is 17.6 Å². The van der Waals surface area contributed by atoms with Crippen LogP contribution in [0.1, 0.15) is 119 Å². The predicted octanol–water partition coefficient (Wildman–Crippen LogP) is 12.6. The van der Waals surface area contributed by atoms with Gasteiger partial charge in [-0.15, -0.1) is 5.98 Å². The number of anilines is 1. The zero-order valence-corrected chi connectivity index (χ0v) is 34.7. The summed E-state index contributed by atoms with van der Waals surface area (Å²) in [6.07, 6.45) is 21.2. The maximum atomic E-state index is 6.85. The minimum absolute atomic E-state index is 0.0794. The molecule has 53 heavy (non-hydrogen) atoms. The highest BCUT2D eigenvalue weighted by molar-refractivity contribution is 6.83. The lowest BCUT2D eigenvalue weighted by molar-refractivity contribution is 0.273. The van der Waals surface area contributed by atoms with Crippen molar-refractivity contribution < 1.29 is 4.42 Å². The first kappa shape index (κ1) is 40.0. The van der Waals surface area contributed by atoms with E-state index in [0.717, 1.165) is 40.6 Å². The van der Waals surface area contributed by atoms with Crippen LogP contribution in [0.5, 0.6) is 0 Å². The molecule has 3 nitrogen and oxygen atoms in total. The minimum atomic E-state index is -0.120. The molecule has 0 radical (unpaired) electrons. The van der Waals surface area contributed by atoms with Gasteiger partial charge < -0.3 is 15.1 Å². The van der Waals surface area contributed by atoms with E-state index in [4.69, 9.17) is 4.42 Å².